The highest BCUT2D eigenvalue weighted by atomic mass is 15.4. The lowest BCUT2D eigenvalue weighted by Gasteiger charge is -2.04. The standard InChI is InChI=1S/C10H12N4/c1-6-4-7(2)9-8(5-6)10(11)14(3)13-12-9/h4-5,11H,1-3H3. The Morgan fingerprint density at radius 3 is 2.71 bits per heavy atom. The van der Waals surface area contributed by atoms with E-state index in [2.05, 4.69) is 16.4 Å². The Balaban J connectivity index is 3.03. The lowest BCUT2D eigenvalue weighted by atomic mass is 10.1. The molecule has 4 heteroatoms. The Hall–Kier alpha value is -1.71. The monoisotopic (exact) mass is 188 g/mol. The maximum Gasteiger partial charge on any atom is 0.152 e. The molecule has 0 atom stereocenters. The summed E-state index contributed by atoms with van der Waals surface area (Å²) in [5, 5.41) is 16.7. The number of aryl methyl sites for hydroxylation is 3. The van der Waals surface area contributed by atoms with Gasteiger partial charge in [-0.25, -0.2) is 4.68 Å². The Labute approximate surface area is 81.7 Å². The lowest BCUT2D eigenvalue weighted by molar-refractivity contribution is 0.637. The third kappa shape index (κ3) is 1.19. The molecule has 0 unspecified atom stereocenters. The van der Waals surface area contributed by atoms with Crippen molar-refractivity contribution in [1.82, 2.24) is 15.0 Å². The number of hydrogen-bond acceptors (Lipinski definition) is 3. The van der Waals surface area contributed by atoms with Crippen LogP contribution in [0.3, 0.4) is 0 Å². The second-order valence-electron chi connectivity index (χ2n) is 3.54. The predicted octanol–water partition coefficient (Wildman–Crippen LogP) is 1.06. The fourth-order valence-corrected chi connectivity index (χ4v) is 1.60. The van der Waals surface area contributed by atoms with Gasteiger partial charge in [-0.15, -0.1) is 5.10 Å². The van der Waals surface area contributed by atoms with Crippen molar-refractivity contribution >= 4 is 10.9 Å². The second-order valence-corrected chi connectivity index (χ2v) is 3.54. The van der Waals surface area contributed by atoms with Gasteiger partial charge < -0.3 is 0 Å². The van der Waals surface area contributed by atoms with E-state index in [-0.39, 0.29) is 0 Å². The predicted molar refractivity (Wildman–Crippen MR) is 53.8 cm³/mol. The zero-order valence-corrected chi connectivity index (χ0v) is 8.50. The SMILES string of the molecule is Cc1cc(C)c2nnn(C)c(=N)c2c1. The zero-order valence-electron chi connectivity index (χ0n) is 8.50. The van der Waals surface area contributed by atoms with Gasteiger partial charge in [0.05, 0.1) is 0 Å². The van der Waals surface area contributed by atoms with Crippen molar-refractivity contribution in [2.75, 3.05) is 0 Å². The minimum atomic E-state index is 0.404. The first-order valence-corrected chi connectivity index (χ1v) is 4.45. The van der Waals surface area contributed by atoms with Gasteiger partial charge >= 0.3 is 0 Å². The molecule has 2 aromatic rings. The van der Waals surface area contributed by atoms with Crippen LogP contribution in [-0.2, 0) is 7.05 Å². The van der Waals surface area contributed by atoms with Crippen LogP contribution in [-0.4, -0.2) is 15.0 Å². The number of hydrogen-bond donors (Lipinski definition) is 1. The average molecular weight is 188 g/mol. The molecule has 1 heterocycles. The number of fused-ring (bicyclic) bond motifs is 1. The van der Waals surface area contributed by atoms with Crippen LogP contribution < -0.4 is 5.49 Å². The molecule has 0 bridgehead atoms. The maximum absolute atomic E-state index is 7.84. The summed E-state index contributed by atoms with van der Waals surface area (Å²) in [5.74, 6) is 0. The van der Waals surface area contributed by atoms with E-state index >= 15 is 0 Å². The summed E-state index contributed by atoms with van der Waals surface area (Å²) >= 11 is 0. The summed E-state index contributed by atoms with van der Waals surface area (Å²) in [6.07, 6.45) is 0. The quantitative estimate of drug-likeness (QED) is 0.672. The van der Waals surface area contributed by atoms with Gasteiger partial charge in [0.1, 0.15) is 5.52 Å². The zero-order chi connectivity index (χ0) is 10.3. The van der Waals surface area contributed by atoms with Crippen LogP contribution >= 0.6 is 0 Å². The summed E-state index contributed by atoms with van der Waals surface area (Å²) in [7, 11) is 1.73. The van der Waals surface area contributed by atoms with Crippen LogP contribution in [0.2, 0.25) is 0 Å². The van der Waals surface area contributed by atoms with E-state index in [1.165, 1.54) is 4.68 Å². The minimum absolute atomic E-state index is 0.404. The van der Waals surface area contributed by atoms with Gasteiger partial charge in [0, 0.05) is 12.4 Å². The Morgan fingerprint density at radius 1 is 1.29 bits per heavy atom. The van der Waals surface area contributed by atoms with Crippen molar-refractivity contribution < 1.29 is 0 Å². The van der Waals surface area contributed by atoms with Gasteiger partial charge in [-0.1, -0.05) is 11.3 Å². The van der Waals surface area contributed by atoms with Crippen molar-refractivity contribution in [3.05, 3.63) is 28.7 Å². The highest BCUT2D eigenvalue weighted by Crippen LogP contribution is 2.13. The van der Waals surface area contributed by atoms with Crippen LogP contribution in [0.1, 0.15) is 11.1 Å². The van der Waals surface area contributed by atoms with Gasteiger partial charge in [0.15, 0.2) is 5.49 Å². The fourth-order valence-electron chi connectivity index (χ4n) is 1.60. The molecule has 1 aromatic carbocycles. The average Bonchev–Trinajstić information content (AvgIpc) is 2.12. The van der Waals surface area contributed by atoms with E-state index in [0.29, 0.717) is 5.49 Å². The number of rotatable bonds is 0. The molecule has 72 valence electrons. The van der Waals surface area contributed by atoms with Crippen molar-refractivity contribution in [2.24, 2.45) is 7.05 Å². The summed E-state index contributed by atoms with van der Waals surface area (Å²) in [5.41, 5.74) is 3.44. The first-order chi connectivity index (χ1) is 6.59. The minimum Gasteiger partial charge on any atom is -0.283 e. The molecule has 1 N–H and O–H groups in total. The number of benzene rings is 1. The molecule has 0 amide bonds. The van der Waals surface area contributed by atoms with E-state index < -0.39 is 0 Å². The van der Waals surface area contributed by atoms with E-state index in [1.807, 2.05) is 19.9 Å². The molecule has 2 rings (SSSR count). The molecular formula is C10H12N4. The summed E-state index contributed by atoms with van der Waals surface area (Å²) in [6.45, 7) is 4.01. The van der Waals surface area contributed by atoms with Gasteiger partial charge in [0.2, 0.25) is 0 Å². The molecule has 14 heavy (non-hydrogen) atoms. The fraction of sp³-hybridized carbons (Fsp3) is 0.300. The van der Waals surface area contributed by atoms with Gasteiger partial charge in [0.25, 0.3) is 0 Å². The third-order valence-corrected chi connectivity index (χ3v) is 2.30. The largest absolute Gasteiger partial charge is 0.283 e. The van der Waals surface area contributed by atoms with E-state index in [9.17, 15) is 0 Å². The molecule has 0 fully saturated rings. The highest BCUT2D eigenvalue weighted by Gasteiger charge is 2.03. The molecule has 0 saturated heterocycles. The van der Waals surface area contributed by atoms with Crippen molar-refractivity contribution in [3.8, 4) is 0 Å². The number of nitrogens with one attached hydrogen (secondary N) is 1. The van der Waals surface area contributed by atoms with E-state index in [0.717, 1.165) is 22.0 Å². The van der Waals surface area contributed by atoms with Gasteiger partial charge in [-0.05, 0) is 31.0 Å². The molecule has 0 saturated carbocycles. The van der Waals surface area contributed by atoms with Gasteiger partial charge in [-0.3, -0.25) is 5.41 Å². The van der Waals surface area contributed by atoms with Crippen LogP contribution in [0.15, 0.2) is 12.1 Å². The topological polar surface area (TPSA) is 54.6 Å². The third-order valence-electron chi connectivity index (χ3n) is 2.30. The second kappa shape index (κ2) is 2.90. The van der Waals surface area contributed by atoms with Crippen molar-refractivity contribution in [3.63, 3.8) is 0 Å². The maximum atomic E-state index is 7.84. The summed E-state index contributed by atoms with van der Waals surface area (Å²) < 4.78 is 1.47. The molecule has 1 aromatic heterocycles. The van der Waals surface area contributed by atoms with Crippen LogP contribution in [0.5, 0.6) is 0 Å². The Kier molecular flexibility index (Phi) is 1.84. The van der Waals surface area contributed by atoms with E-state index in [4.69, 9.17) is 5.41 Å². The molecule has 0 aliphatic heterocycles. The molecule has 0 spiro atoms. The van der Waals surface area contributed by atoms with E-state index in [1.54, 1.807) is 7.05 Å². The van der Waals surface area contributed by atoms with Crippen LogP contribution in [0.25, 0.3) is 10.9 Å². The first-order valence-electron chi connectivity index (χ1n) is 4.45. The normalized spacial score (nSPS) is 10.8. The van der Waals surface area contributed by atoms with Crippen LogP contribution in [0.4, 0.5) is 0 Å². The molecular weight excluding hydrogens is 176 g/mol. The number of nitrogens with zero attached hydrogens (tertiary/aromatic N) is 3. The van der Waals surface area contributed by atoms with Crippen molar-refractivity contribution in [2.45, 2.75) is 13.8 Å². The molecule has 0 aliphatic carbocycles. The number of aromatic nitrogens is 3. The van der Waals surface area contributed by atoms with Crippen LogP contribution in [0, 0.1) is 19.3 Å². The van der Waals surface area contributed by atoms with Gasteiger partial charge in [-0.2, -0.15) is 0 Å². The first kappa shape index (κ1) is 8.87. The summed E-state index contributed by atoms with van der Waals surface area (Å²) in [4.78, 5) is 0. The molecule has 4 nitrogen and oxygen atoms in total. The molecule has 0 radical (unpaired) electrons. The Bertz CT molecular complexity index is 554. The lowest BCUT2D eigenvalue weighted by Crippen LogP contribution is -2.21. The smallest absolute Gasteiger partial charge is 0.152 e. The van der Waals surface area contributed by atoms with Crippen molar-refractivity contribution in [1.29, 1.82) is 5.41 Å². The highest BCUT2D eigenvalue weighted by molar-refractivity contribution is 5.80. The Morgan fingerprint density at radius 2 is 2.00 bits per heavy atom. The summed E-state index contributed by atoms with van der Waals surface area (Å²) in [6, 6.07) is 4.02. The molecule has 0 aliphatic rings.